The van der Waals surface area contributed by atoms with Crippen LogP contribution in [0.15, 0.2) is 10.1 Å². The standard InChI is InChI=1S/C4H5N3O5S2/c5-4-6-2(13(9)10)1(8)3(7-4)14(11)12/h8H,(H,9,10)(H,11,12)(H2,5,6,7). The zero-order valence-electron chi connectivity index (χ0n) is 6.45. The SMILES string of the molecule is Nc1nc(S(=O)O)c(O)c(S(=O)O)n1. The van der Waals surface area contributed by atoms with E-state index in [0.717, 1.165) is 0 Å². The summed E-state index contributed by atoms with van der Waals surface area (Å²) >= 11 is -5.21. The van der Waals surface area contributed by atoms with Crippen LogP contribution in [0.5, 0.6) is 5.75 Å². The molecule has 0 radical (unpaired) electrons. The maximum Gasteiger partial charge on any atom is 0.222 e. The number of hydrogen-bond acceptors (Lipinski definition) is 6. The van der Waals surface area contributed by atoms with Gasteiger partial charge in [-0.05, 0) is 0 Å². The predicted molar refractivity (Wildman–Crippen MR) is 46.2 cm³/mol. The molecular weight excluding hydrogens is 234 g/mol. The minimum absolute atomic E-state index is 0.474. The van der Waals surface area contributed by atoms with Crippen LogP contribution in [0.4, 0.5) is 5.95 Å². The van der Waals surface area contributed by atoms with Crippen molar-refractivity contribution in [1.82, 2.24) is 9.97 Å². The fraction of sp³-hybridized carbons (Fsp3) is 0. The maximum atomic E-state index is 10.6. The van der Waals surface area contributed by atoms with Gasteiger partial charge in [-0.2, -0.15) is 9.97 Å². The van der Waals surface area contributed by atoms with Gasteiger partial charge < -0.3 is 19.9 Å². The molecule has 0 aromatic carbocycles. The Hall–Kier alpha value is -1.10. The van der Waals surface area contributed by atoms with Crippen molar-refractivity contribution in [3.63, 3.8) is 0 Å². The molecule has 5 N–H and O–H groups in total. The highest BCUT2D eigenvalue weighted by Gasteiger charge is 2.20. The van der Waals surface area contributed by atoms with Crippen molar-refractivity contribution in [3.8, 4) is 5.75 Å². The Labute approximate surface area is 82.8 Å². The average Bonchev–Trinajstić information content (AvgIpc) is 2.07. The van der Waals surface area contributed by atoms with E-state index in [1.165, 1.54) is 0 Å². The number of aromatic hydroxyl groups is 1. The molecule has 1 aromatic rings. The molecule has 0 aliphatic heterocycles. The second-order valence-electron chi connectivity index (χ2n) is 2.04. The molecule has 0 fully saturated rings. The first-order chi connectivity index (χ1) is 6.43. The molecule has 78 valence electrons. The van der Waals surface area contributed by atoms with E-state index in [1.807, 2.05) is 0 Å². The fourth-order valence-corrected chi connectivity index (χ4v) is 1.61. The minimum atomic E-state index is -2.60. The Morgan fingerprint density at radius 2 is 1.43 bits per heavy atom. The third-order valence-electron chi connectivity index (χ3n) is 1.17. The highest BCUT2D eigenvalue weighted by molar-refractivity contribution is 7.80. The molecule has 2 unspecified atom stereocenters. The molecule has 0 aliphatic rings. The number of nitrogens with two attached hydrogens (primary N) is 1. The molecule has 1 heterocycles. The first kappa shape index (κ1) is 11.0. The van der Waals surface area contributed by atoms with E-state index in [1.54, 1.807) is 0 Å². The van der Waals surface area contributed by atoms with Gasteiger partial charge in [0.05, 0.1) is 0 Å². The summed E-state index contributed by atoms with van der Waals surface area (Å²) in [6, 6.07) is 0. The molecule has 8 nitrogen and oxygen atoms in total. The normalized spacial score (nSPS) is 15.0. The van der Waals surface area contributed by atoms with Gasteiger partial charge in [-0.25, -0.2) is 8.42 Å². The van der Waals surface area contributed by atoms with E-state index in [-0.39, 0.29) is 0 Å². The van der Waals surface area contributed by atoms with E-state index in [4.69, 9.17) is 19.9 Å². The van der Waals surface area contributed by atoms with Crippen molar-refractivity contribution in [2.75, 3.05) is 5.73 Å². The van der Waals surface area contributed by atoms with E-state index in [2.05, 4.69) is 9.97 Å². The second-order valence-corrected chi connectivity index (χ2v) is 3.81. The summed E-state index contributed by atoms with van der Waals surface area (Å²) in [7, 11) is 0. The molecule has 2 atom stereocenters. The zero-order valence-corrected chi connectivity index (χ0v) is 8.08. The van der Waals surface area contributed by atoms with Gasteiger partial charge in [0.15, 0.2) is 5.75 Å². The Bertz CT molecular complexity index is 386. The molecule has 0 aliphatic carbocycles. The monoisotopic (exact) mass is 239 g/mol. The molecule has 0 amide bonds. The summed E-state index contributed by atoms with van der Waals surface area (Å²) in [5.41, 5.74) is 5.08. The van der Waals surface area contributed by atoms with E-state index < -0.39 is 43.9 Å². The predicted octanol–water partition coefficient (Wildman–Crippen LogP) is -1.07. The van der Waals surface area contributed by atoms with E-state index in [0.29, 0.717) is 0 Å². The topological polar surface area (TPSA) is 147 Å². The lowest BCUT2D eigenvalue weighted by molar-refractivity contribution is 0.425. The molecule has 10 heteroatoms. The number of aromatic nitrogens is 2. The van der Waals surface area contributed by atoms with Crippen molar-refractivity contribution >= 4 is 28.1 Å². The van der Waals surface area contributed by atoms with Gasteiger partial charge in [0.25, 0.3) is 0 Å². The van der Waals surface area contributed by atoms with E-state index in [9.17, 15) is 8.42 Å². The van der Waals surface area contributed by atoms with Gasteiger partial charge >= 0.3 is 0 Å². The van der Waals surface area contributed by atoms with Gasteiger partial charge in [0.1, 0.15) is 0 Å². The minimum Gasteiger partial charge on any atom is -0.503 e. The van der Waals surface area contributed by atoms with Crippen LogP contribution in [0.2, 0.25) is 0 Å². The van der Waals surface area contributed by atoms with Crippen LogP contribution in [0.3, 0.4) is 0 Å². The van der Waals surface area contributed by atoms with Crippen LogP contribution in [-0.2, 0) is 22.2 Å². The summed E-state index contributed by atoms with van der Waals surface area (Å²) in [5.74, 6) is -1.39. The summed E-state index contributed by atoms with van der Waals surface area (Å²) in [5, 5.41) is 7.77. The third-order valence-corrected chi connectivity index (χ3v) is 2.40. The lowest BCUT2D eigenvalue weighted by atomic mass is 10.6. The van der Waals surface area contributed by atoms with Gasteiger partial charge in [-0.15, -0.1) is 0 Å². The zero-order chi connectivity index (χ0) is 10.9. The molecule has 0 spiro atoms. The van der Waals surface area contributed by atoms with Crippen LogP contribution in [-0.4, -0.2) is 32.6 Å². The summed E-state index contributed by atoms with van der Waals surface area (Å²) in [6.07, 6.45) is 0. The van der Waals surface area contributed by atoms with Crippen molar-refractivity contribution in [3.05, 3.63) is 0 Å². The van der Waals surface area contributed by atoms with Crippen LogP contribution in [0.1, 0.15) is 0 Å². The van der Waals surface area contributed by atoms with Gasteiger partial charge in [-0.3, -0.25) is 0 Å². The molecular formula is C4H5N3O5S2. The molecule has 1 rings (SSSR count). The highest BCUT2D eigenvalue weighted by atomic mass is 32.2. The first-order valence-electron chi connectivity index (χ1n) is 3.01. The number of nitrogens with zero attached hydrogens (tertiary/aromatic N) is 2. The first-order valence-corrected chi connectivity index (χ1v) is 5.23. The average molecular weight is 239 g/mol. The third kappa shape index (κ3) is 2.04. The van der Waals surface area contributed by atoms with Crippen molar-refractivity contribution in [2.45, 2.75) is 10.1 Å². The largest absolute Gasteiger partial charge is 0.503 e. The summed E-state index contributed by atoms with van der Waals surface area (Å²) in [4.78, 5) is 6.47. The summed E-state index contributed by atoms with van der Waals surface area (Å²) in [6.45, 7) is 0. The number of rotatable bonds is 2. The molecule has 14 heavy (non-hydrogen) atoms. The molecule has 0 saturated carbocycles. The Kier molecular flexibility index (Phi) is 3.10. The van der Waals surface area contributed by atoms with Crippen LogP contribution < -0.4 is 5.73 Å². The highest BCUT2D eigenvalue weighted by Crippen LogP contribution is 2.24. The molecule has 0 bridgehead atoms. The maximum absolute atomic E-state index is 10.6. The van der Waals surface area contributed by atoms with Crippen LogP contribution in [0, 0.1) is 0 Å². The van der Waals surface area contributed by atoms with Gasteiger partial charge in [0, 0.05) is 0 Å². The summed E-state index contributed by atoms with van der Waals surface area (Å²) < 4.78 is 38.4. The quantitative estimate of drug-likeness (QED) is 0.376. The van der Waals surface area contributed by atoms with Gasteiger partial charge in [0.2, 0.25) is 38.2 Å². The van der Waals surface area contributed by atoms with E-state index >= 15 is 0 Å². The fourth-order valence-electron chi connectivity index (χ4n) is 0.674. The van der Waals surface area contributed by atoms with Crippen molar-refractivity contribution in [2.24, 2.45) is 0 Å². The number of anilines is 1. The van der Waals surface area contributed by atoms with Crippen molar-refractivity contribution < 1.29 is 22.6 Å². The lowest BCUT2D eigenvalue weighted by Gasteiger charge is -2.03. The smallest absolute Gasteiger partial charge is 0.222 e. The number of nitrogen functional groups attached to an aromatic ring is 1. The van der Waals surface area contributed by atoms with Gasteiger partial charge in [-0.1, -0.05) is 0 Å². The second kappa shape index (κ2) is 3.96. The molecule has 1 aromatic heterocycles. The Balaban J connectivity index is 3.47. The van der Waals surface area contributed by atoms with Crippen LogP contribution in [0.25, 0.3) is 0 Å². The Morgan fingerprint density at radius 1 is 1.07 bits per heavy atom. The van der Waals surface area contributed by atoms with Crippen molar-refractivity contribution in [1.29, 1.82) is 0 Å². The Morgan fingerprint density at radius 3 is 1.71 bits per heavy atom. The lowest BCUT2D eigenvalue weighted by Crippen LogP contribution is -2.06. The molecule has 0 saturated heterocycles. The number of hydrogen-bond donors (Lipinski definition) is 4. The van der Waals surface area contributed by atoms with Crippen LogP contribution >= 0.6 is 0 Å².